The van der Waals surface area contributed by atoms with Gasteiger partial charge in [0.2, 0.25) is 0 Å². The van der Waals surface area contributed by atoms with E-state index in [1.54, 1.807) is 0 Å². The summed E-state index contributed by atoms with van der Waals surface area (Å²) in [5.74, 6) is 0. The highest BCUT2D eigenvalue weighted by Gasteiger charge is 2.36. The van der Waals surface area contributed by atoms with Gasteiger partial charge < -0.3 is 0 Å². The highest BCUT2D eigenvalue weighted by atomic mass is 15.3. The molecule has 19 heavy (non-hydrogen) atoms. The number of fused-ring (bicyclic) bond motifs is 1. The molecule has 0 amide bonds. The third-order valence-electron chi connectivity index (χ3n) is 4.65. The Kier molecular flexibility index (Phi) is 4.83. The third-order valence-corrected chi connectivity index (χ3v) is 4.65. The summed E-state index contributed by atoms with van der Waals surface area (Å²) in [6, 6.07) is 3.73. The molecule has 0 aromatic heterocycles. The van der Waals surface area contributed by atoms with E-state index in [2.05, 4.69) is 35.0 Å². The number of hydrogen-bond donors (Lipinski definition) is 1. The van der Waals surface area contributed by atoms with Gasteiger partial charge in [-0.15, -0.1) is 0 Å². The minimum atomic E-state index is -0.417. The van der Waals surface area contributed by atoms with E-state index in [0.29, 0.717) is 6.04 Å². The van der Waals surface area contributed by atoms with Crippen molar-refractivity contribution < 1.29 is 0 Å². The van der Waals surface area contributed by atoms with E-state index in [1.165, 1.54) is 25.8 Å². The number of nitriles is 1. The van der Waals surface area contributed by atoms with Gasteiger partial charge in [-0.2, -0.15) is 5.26 Å². The molecule has 0 aromatic rings. The van der Waals surface area contributed by atoms with Crippen molar-refractivity contribution >= 4 is 0 Å². The van der Waals surface area contributed by atoms with Crippen molar-refractivity contribution in [1.82, 2.24) is 15.1 Å². The molecule has 2 saturated heterocycles. The summed E-state index contributed by atoms with van der Waals surface area (Å²) in [6.45, 7) is 11.6. The first-order valence-electron chi connectivity index (χ1n) is 7.72. The molecule has 2 aliphatic heterocycles. The van der Waals surface area contributed by atoms with E-state index in [4.69, 9.17) is 0 Å². The average molecular weight is 264 g/mol. The van der Waals surface area contributed by atoms with Crippen molar-refractivity contribution in [2.24, 2.45) is 0 Å². The largest absolute Gasteiger partial charge is 0.299 e. The molecule has 0 aromatic carbocycles. The number of rotatable bonds is 4. The van der Waals surface area contributed by atoms with Crippen molar-refractivity contribution in [3.63, 3.8) is 0 Å². The number of piperazine rings is 1. The summed E-state index contributed by atoms with van der Waals surface area (Å²) >= 11 is 0. The Labute approximate surface area is 117 Å². The molecule has 3 unspecified atom stereocenters. The van der Waals surface area contributed by atoms with Crippen LogP contribution in [0.3, 0.4) is 0 Å². The monoisotopic (exact) mass is 264 g/mol. The van der Waals surface area contributed by atoms with Crippen LogP contribution in [0.1, 0.15) is 40.0 Å². The fourth-order valence-electron chi connectivity index (χ4n) is 3.56. The fraction of sp³-hybridized carbons (Fsp3) is 0.933. The topological polar surface area (TPSA) is 42.3 Å². The maximum Gasteiger partial charge on any atom is 0.116 e. The van der Waals surface area contributed by atoms with Gasteiger partial charge in [0.05, 0.1) is 6.07 Å². The maximum atomic E-state index is 9.42. The lowest BCUT2D eigenvalue weighted by Gasteiger charge is -2.49. The van der Waals surface area contributed by atoms with Gasteiger partial charge in [-0.05, 0) is 39.8 Å². The van der Waals surface area contributed by atoms with Crippen LogP contribution in [0.15, 0.2) is 0 Å². The van der Waals surface area contributed by atoms with Crippen LogP contribution in [0.5, 0.6) is 0 Å². The molecule has 2 heterocycles. The highest BCUT2D eigenvalue weighted by Crippen LogP contribution is 2.25. The lowest BCUT2D eigenvalue weighted by molar-refractivity contribution is 0.00727. The van der Waals surface area contributed by atoms with Crippen LogP contribution in [0, 0.1) is 11.3 Å². The van der Waals surface area contributed by atoms with E-state index >= 15 is 0 Å². The van der Waals surface area contributed by atoms with Gasteiger partial charge in [0.1, 0.15) is 5.54 Å². The van der Waals surface area contributed by atoms with Gasteiger partial charge in [0.25, 0.3) is 0 Å². The Bertz CT molecular complexity index is 338. The molecular weight excluding hydrogens is 236 g/mol. The van der Waals surface area contributed by atoms with Gasteiger partial charge in [0, 0.05) is 31.7 Å². The van der Waals surface area contributed by atoms with Crippen LogP contribution in [-0.4, -0.2) is 60.1 Å². The van der Waals surface area contributed by atoms with Crippen molar-refractivity contribution in [3.05, 3.63) is 0 Å². The molecule has 0 bridgehead atoms. The molecule has 108 valence electrons. The van der Waals surface area contributed by atoms with E-state index in [1.807, 2.05) is 6.92 Å². The zero-order valence-corrected chi connectivity index (χ0v) is 12.7. The highest BCUT2D eigenvalue weighted by molar-refractivity contribution is 5.07. The number of hydrogen-bond acceptors (Lipinski definition) is 4. The minimum Gasteiger partial charge on any atom is -0.299 e. The van der Waals surface area contributed by atoms with Gasteiger partial charge in [-0.3, -0.25) is 15.1 Å². The fourth-order valence-corrected chi connectivity index (χ4v) is 3.56. The average Bonchev–Trinajstić information content (AvgIpc) is 2.40. The quantitative estimate of drug-likeness (QED) is 0.834. The molecule has 3 atom stereocenters. The summed E-state index contributed by atoms with van der Waals surface area (Å²) < 4.78 is 0. The first kappa shape index (κ1) is 14.8. The SMILES string of the molecule is CCNC(C)(C#N)CN1CC2CCCCN2CC1C. The predicted molar refractivity (Wildman–Crippen MR) is 77.9 cm³/mol. The molecule has 4 nitrogen and oxygen atoms in total. The molecule has 1 N–H and O–H groups in total. The standard InChI is InChI=1S/C15H28N4/c1-4-17-15(3,11-16)12-19-10-14-7-5-6-8-18(14)9-13(19)2/h13-14,17H,4-10,12H2,1-3H3. The van der Waals surface area contributed by atoms with Crippen molar-refractivity contribution in [1.29, 1.82) is 5.26 Å². The number of piperidine rings is 1. The van der Waals surface area contributed by atoms with Crippen LogP contribution in [0.2, 0.25) is 0 Å². The summed E-state index contributed by atoms with van der Waals surface area (Å²) in [6.07, 6.45) is 4.05. The Balaban J connectivity index is 1.98. The maximum absolute atomic E-state index is 9.42. The minimum absolute atomic E-state index is 0.417. The first-order chi connectivity index (χ1) is 9.08. The van der Waals surface area contributed by atoms with Gasteiger partial charge in [-0.1, -0.05) is 13.3 Å². The van der Waals surface area contributed by atoms with Crippen molar-refractivity contribution in [2.75, 3.05) is 32.7 Å². The molecule has 2 rings (SSSR count). The van der Waals surface area contributed by atoms with Crippen LogP contribution in [0.25, 0.3) is 0 Å². The smallest absolute Gasteiger partial charge is 0.116 e. The Morgan fingerprint density at radius 3 is 2.84 bits per heavy atom. The van der Waals surface area contributed by atoms with Crippen LogP contribution < -0.4 is 5.32 Å². The molecule has 2 aliphatic rings. The van der Waals surface area contributed by atoms with Crippen LogP contribution in [0.4, 0.5) is 0 Å². The second kappa shape index (κ2) is 6.21. The van der Waals surface area contributed by atoms with Crippen LogP contribution >= 0.6 is 0 Å². The third kappa shape index (κ3) is 3.47. The first-order valence-corrected chi connectivity index (χ1v) is 7.72. The van der Waals surface area contributed by atoms with E-state index in [9.17, 15) is 5.26 Å². The van der Waals surface area contributed by atoms with Crippen LogP contribution in [-0.2, 0) is 0 Å². The lowest BCUT2D eigenvalue weighted by atomic mass is 9.95. The summed E-state index contributed by atoms with van der Waals surface area (Å²) in [7, 11) is 0. The number of likely N-dealkylation sites (N-methyl/N-ethyl adjacent to an activating group) is 1. The molecule has 4 heteroatoms. The van der Waals surface area contributed by atoms with Crippen molar-refractivity contribution in [2.45, 2.75) is 57.7 Å². The second-order valence-corrected chi connectivity index (χ2v) is 6.40. The molecule has 0 radical (unpaired) electrons. The van der Waals surface area contributed by atoms with Gasteiger partial charge >= 0.3 is 0 Å². The summed E-state index contributed by atoms with van der Waals surface area (Å²) in [5, 5.41) is 12.7. The molecule has 0 aliphatic carbocycles. The summed E-state index contributed by atoms with van der Waals surface area (Å²) in [4.78, 5) is 5.17. The molecular formula is C15H28N4. The Morgan fingerprint density at radius 1 is 1.37 bits per heavy atom. The predicted octanol–water partition coefficient (Wildman–Crippen LogP) is 1.44. The number of nitrogens with zero attached hydrogens (tertiary/aromatic N) is 3. The zero-order chi connectivity index (χ0) is 13.9. The van der Waals surface area contributed by atoms with Crippen molar-refractivity contribution in [3.8, 4) is 6.07 Å². The van der Waals surface area contributed by atoms with E-state index in [-0.39, 0.29) is 0 Å². The number of nitrogens with one attached hydrogen (secondary N) is 1. The van der Waals surface area contributed by atoms with Gasteiger partial charge in [-0.25, -0.2) is 0 Å². The zero-order valence-electron chi connectivity index (χ0n) is 12.7. The van der Waals surface area contributed by atoms with E-state index in [0.717, 1.165) is 32.2 Å². The molecule has 0 saturated carbocycles. The van der Waals surface area contributed by atoms with Gasteiger partial charge in [0.15, 0.2) is 0 Å². The molecule has 0 spiro atoms. The molecule has 2 fully saturated rings. The normalized spacial score (nSPS) is 32.3. The summed E-state index contributed by atoms with van der Waals surface area (Å²) in [5.41, 5.74) is -0.417. The second-order valence-electron chi connectivity index (χ2n) is 6.40. The Hall–Kier alpha value is -0.630. The van der Waals surface area contributed by atoms with E-state index < -0.39 is 5.54 Å². The lowest BCUT2D eigenvalue weighted by Crippen LogP contribution is -2.62. The Morgan fingerprint density at radius 2 is 2.16 bits per heavy atom.